The Morgan fingerprint density at radius 1 is 0.926 bits per heavy atom. The molecule has 2 aromatic carbocycles. The second kappa shape index (κ2) is 7.04. The van der Waals surface area contributed by atoms with Gasteiger partial charge in [-0.15, -0.1) is 0 Å². The van der Waals surface area contributed by atoms with E-state index in [0.717, 1.165) is 35.3 Å². The molecular weight excluding hydrogens is 356 g/mol. The molecule has 1 heterocycles. The maximum atomic E-state index is 13.7. The molecule has 4 nitrogen and oxygen atoms in total. The van der Waals surface area contributed by atoms with Gasteiger partial charge in [0, 0.05) is 25.7 Å². The summed E-state index contributed by atoms with van der Waals surface area (Å²) in [6.45, 7) is 7.97. The molecule has 1 unspecified atom stereocenters. The predicted octanol–water partition coefficient (Wildman–Crippen LogP) is 3.82. The number of benzene rings is 2. The van der Waals surface area contributed by atoms with Gasteiger partial charge < -0.3 is 0 Å². The van der Waals surface area contributed by atoms with Gasteiger partial charge in [-0.25, -0.2) is 8.42 Å². The Labute approximate surface area is 162 Å². The molecule has 0 aromatic heterocycles. The standard InChI is InChI=1S/C22H28N2O2S/c1-16-13-17(2)22(18(3)14-16)27(25,26)24-12-11-23(20-9-10-20)15-21(24)19-7-5-4-6-8-19/h4-8,13-14,20-21H,9-12,15H2,1-3H3. The van der Waals surface area contributed by atoms with Crippen LogP contribution in [0.2, 0.25) is 0 Å². The lowest BCUT2D eigenvalue weighted by molar-refractivity contribution is 0.128. The molecule has 0 amide bonds. The van der Waals surface area contributed by atoms with Gasteiger partial charge in [-0.2, -0.15) is 4.31 Å². The van der Waals surface area contributed by atoms with Gasteiger partial charge >= 0.3 is 0 Å². The van der Waals surface area contributed by atoms with Crippen LogP contribution in [0, 0.1) is 20.8 Å². The summed E-state index contributed by atoms with van der Waals surface area (Å²) in [7, 11) is -3.56. The fourth-order valence-electron chi connectivity index (χ4n) is 4.48. The highest BCUT2D eigenvalue weighted by Gasteiger charge is 2.41. The lowest BCUT2D eigenvalue weighted by Gasteiger charge is -2.41. The van der Waals surface area contributed by atoms with Crippen molar-refractivity contribution >= 4 is 10.0 Å². The van der Waals surface area contributed by atoms with E-state index in [1.807, 2.05) is 51.1 Å². The van der Waals surface area contributed by atoms with E-state index in [-0.39, 0.29) is 6.04 Å². The van der Waals surface area contributed by atoms with Crippen molar-refractivity contribution in [2.75, 3.05) is 19.6 Å². The second-order valence-electron chi connectivity index (χ2n) is 8.00. The number of piperazine rings is 1. The van der Waals surface area contributed by atoms with Crippen LogP contribution >= 0.6 is 0 Å². The minimum absolute atomic E-state index is 0.134. The smallest absolute Gasteiger partial charge is 0.244 e. The van der Waals surface area contributed by atoms with Gasteiger partial charge in [0.25, 0.3) is 0 Å². The van der Waals surface area contributed by atoms with Crippen LogP contribution in [0.5, 0.6) is 0 Å². The minimum Gasteiger partial charge on any atom is -0.297 e. The second-order valence-corrected chi connectivity index (χ2v) is 9.82. The quantitative estimate of drug-likeness (QED) is 0.805. The monoisotopic (exact) mass is 384 g/mol. The van der Waals surface area contributed by atoms with Crippen LogP contribution in [0.4, 0.5) is 0 Å². The van der Waals surface area contributed by atoms with E-state index in [9.17, 15) is 8.42 Å². The van der Waals surface area contributed by atoms with Gasteiger partial charge in [0.15, 0.2) is 0 Å². The van der Waals surface area contributed by atoms with Crippen LogP contribution in [-0.2, 0) is 10.0 Å². The molecule has 0 bridgehead atoms. The number of sulfonamides is 1. The van der Waals surface area contributed by atoms with E-state index in [1.165, 1.54) is 12.8 Å². The summed E-state index contributed by atoms with van der Waals surface area (Å²) in [6, 6.07) is 14.5. The summed E-state index contributed by atoms with van der Waals surface area (Å²) >= 11 is 0. The molecule has 27 heavy (non-hydrogen) atoms. The minimum atomic E-state index is -3.56. The molecule has 2 aliphatic rings. The molecule has 0 spiro atoms. The van der Waals surface area contributed by atoms with Crippen molar-refractivity contribution in [1.29, 1.82) is 0 Å². The Balaban J connectivity index is 1.75. The molecule has 1 aliphatic carbocycles. The first-order valence-corrected chi connectivity index (χ1v) is 11.2. The third-order valence-corrected chi connectivity index (χ3v) is 8.00. The molecule has 144 valence electrons. The highest BCUT2D eigenvalue weighted by molar-refractivity contribution is 7.89. The van der Waals surface area contributed by atoms with E-state index in [4.69, 9.17) is 0 Å². The third-order valence-electron chi connectivity index (χ3n) is 5.78. The molecular formula is C22H28N2O2S. The third kappa shape index (κ3) is 3.56. The highest BCUT2D eigenvalue weighted by atomic mass is 32.2. The van der Waals surface area contributed by atoms with Crippen LogP contribution in [0.15, 0.2) is 47.4 Å². The molecule has 5 heteroatoms. The summed E-state index contributed by atoms with van der Waals surface area (Å²) in [5.41, 5.74) is 3.85. The predicted molar refractivity (Wildman–Crippen MR) is 108 cm³/mol. The molecule has 2 fully saturated rings. The molecule has 4 rings (SSSR count). The Kier molecular flexibility index (Phi) is 4.87. The number of hydrogen-bond acceptors (Lipinski definition) is 3. The molecule has 1 saturated heterocycles. The van der Waals surface area contributed by atoms with Crippen LogP contribution < -0.4 is 0 Å². The van der Waals surface area contributed by atoms with Crippen molar-refractivity contribution in [1.82, 2.24) is 9.21 Å². The van der Waals surface area contributed by atoms with E-state index in [2.05, 4.69) is 17.0 Å². The molecule has 1 saturated carbocycles. The highest BCUT2D eigenvalue weighted by Crippen LogP contribution is 2.37. The van der Waals surface area contributed by atoms with Crippen molar-refractivity contribution in [3.63, 3.8) is 0 Å². The molecule has 0 radical (unpaired) electrons. The first-order chi connectivity index (χ1) is 12.9. The fourth-order valence-corrected chi connectivity index (χ4v) is 6.50. The van der Waals surface area contributed by atoms with Gasteiger partial charge in [0.2, 0.25) is 10.0 Å². The lowest BCUT2D eigenvalue weighted by Crippen LogP contribution is -2.51. The summed E-state index contributed by atoms with van der Waals surface area (Å²) in [5.74, 6) is 0. The van der Waals surface area contributed by atoms with Crippen LogP contribution in [0.25, 0.3) is 0 Å². The molecule has 2 aromatic rings. The van der Waals surface area contributed by atoms with Gasteiger partial charge in [-0.05, 0) is 50.3 Å². The Morgan fingerprint density at radius 3 is 2.15 bits per heavy atom. The van der Waals surface area contributed by atoms with Gasteiger partial charge in [-0.3, -0.25) is 4.90 Å². The first kappa shape index (κ1) is 18.7. The Morgan fingerprint density at radius 2 is 1.56 bits per heavy atom. The molecule has 1 aliphatic heterocycles. The average molecular weight is 385 g/mol. The molecule has 1 atom stereocenters. The number of hydrogen-bond donors (Lipinski definition) is 0. The van der Waals surface area contributed by atoms with E-state index in [0.29, 0.717) is 17.5 Å². The van der Waals surface area contributed by atoms with Crippen LogP contribution in [0.1, 0.15) is 41.1 Å². The SMILES string of the molecule is Cc1cc(C)c(S(=O)(=O)N2CCN(C3CC3)CC2c2ccccc2)c(C)c1. The fraction of sp³-hybridized carbons (Fsp3) is 0.455. The van der Waals surface area contributed by atoms with E-state index < -0.39 is 10.0 Å². The zero-order chi connectivity index (χ0) is 19.2. The zero-order valence-corrected chi connectivity index (χ0v) is 17.2. The summed E-state index contributed by atoms with van der Waals surface area (Å²) < 4.78 is 29.2. The average Bonchev–Trinajstić information content (AvgIpc) is 3.46. The Hall–Kier alpha value is -1.69. The van der Waals surface area contributed by atoms with Gasteiger partial charge in [0.1, 0.15) is 0 Å². The molecule has 0 N–H and O–H groups in total. The maximum absolute atomic E-state index is 13.7. The van der Waals surface area contributed by atoms with Crippen molar-refractivity contribution < 1.29 is 8.42 Å². The van der Waals surface area contributed by atoms with E-state index in [1.54, 1.807) is 4.31 Å². The number of nitrogens with zero attached hydrogens (tertiary/aromatic N) is 2. The van der Waals surface area contributed by atoms with Crippen molar-refractivity contribution in [3.8, 4) is 0 Å². The largest absolute Gasteiger partial charge is 0.297 e. The van der Waals surface area contributed by atoms with Crippen molar-refractivity contribution in [2.24, 2.45) is 0 Å². The number of rotatable bonds is 4. The number of aryl methyl sites for hydroxylation is 3. The van der Waals surface area contributed by atoms with Crippen LogP contribution in [-0.4, -0.2) is 43.3 Å². The van der Waals surface area contributed by atoms with E-state index >= 15 is 0 Å². The lowest BCUT2D eigenvalue weighted by atomic mass is 10.0. The van der Waals surface area contributed by atoms with Crippen LogP contribution in [0.3, 0.4) is 0 Å². The first-order valence-electron chi connectivity index (χ1n) is 9.76. The normalized spacial score (nSPS) is 22.1. The summed E-state index contributed by atoms with van der Waals surface area (Å²) in [6.07, 6.45) is 2.48. The van der Waals surface area contributed by atoms with Gasteiger partial charge in [0.05, 0.1) is 10.9 Å². The van der Waals surface area contributed by atoms with Crippen molar-refractivity contribution in [3.05, 3.63) is 64.7 Å². The Bertz CT molecular complexity index is 913. The van der Waals surface area contributed by atoms with Crippen molar-refractivity contribution in [2.45, 2.75) is 50.6 Å². The summed E-state index contributed by atoms with van der Waals surface area (Å²) in [4.78, 5) is 2.95. The topological polar surface area (TPSA) is 40.6 Å². The summed E-state index contributed by atoms with van der Waals surface area (Å²) in [5, 5.41) is 0. The maximum Gasteiger partial charge on any atom is 0.244 e. The van der Waals surface area contributed by atoms with Gasteiger partial charge in [-0.1, -0.05) is 48.0 Å². The zero-order valence-electron chi connectivity index (χ0n) is 16.4.